The Morgan fingerprint density at radius 3 is 1.15 bits per heavy atom. The smallest absolute Gasteiger partial charge is 0.0714 e. The normalized spacial score (nSPS) is 14.9. The van der Waals surface area contributed by atoms with Gasteiger partial charge in [0.1, 0.15) is 8.07 Å². The SMILES string of the molecule is C[Si](C)(C1=Cc2c(cccc2-c2ccc([Si](C)(C)C)cc2)C1)C1=Cc2c(cccc2-c2ccc([Si](C)(C)C)cc2)C1. The summed E-state index contributed by atoms with van der Waals surface area (Å²) in [5.41, 5.74) is 11.3. The van der Waals surface area contributed by atoms with Gasteiger partial charge in [-0.1, -0.05) is 170 Å². The second-order valence-electron chi connectivity index (χ2n) is 14.7. The molecule has 0 N–H and O–H groups in total. The monoisotopic (exact) mass is 584 g/mol. The Balaban J connectivity index is 1.32. The van der Waals surface area contributed by atoms with Gasteiger partial charge >= 0.3 is 0 Å². The highest BCUT2D eigenvalue weighted by Crippen LogP contribution is 2.43. The highest BCUT2D eigenvalue weighted by molar-refractivity contribution is 6.92. The molecule has 6 rings (SSSR count). The first-order valence-electron chi connectivity index (χ1n) is 15.2. The van der Waals surface area contributed by atoms with Crippen LogP contribution in [0.25, 0.3) is 34.4 Å². The minimum atomic E-state index is -1.81. The summed E-state index contributed by atoms with van der Waals surface area (Å²) in [6.07, 6.45) is 7.33. The molecule has 0 amide bonds. The van der Waals surface area contributed by atoms with Gasteiger partial charge in [-0.25, -0.2) is 0 Å². The molecule has 3 heteroatoms. The molecule has 0 nitrogen and oxygen atoms in total. The first-order valence-corrected chi connectivity index (χ1v) is 25.2. The predicted octanol–water partition coefficient (Wildman–Crippen LogP) is 9.48. The van der Waals surface area contributed by atoms with E-state index in [2.05, 4.69) is 149 Å². The summed E-state index contributed by atoms with van der Waals surface area (Å²) in [6, 6.07) is 32.8. The summed E-state index contributed by atoms with van der Waals surface area (Å²) in [6.45, 7) is 19.7. The molecule has 0 aliphatic heterocycles. The van der Waals surface area contributed by atoms with Gasteiger partial charge in [-0.3, -0.25) is 0 Å². The van der Waals surface area contributed by atoms with Crippen LogP contribution in [0.15, 0.2) is 95.3 Å². The van der Waals surface area contributed by atoms with Gasteiger partial charge in [0.25, 0.3) is 0 Å². The third-order valence-electron chi connectivity index (χ3n) is 9.52. The van der Waals surface area contributed by atoms with E-state index < -0.39 is 24.2 Å². The van der Waals surface area contributed by atoms with Crippen LogP contribution in [0.5, 0.6) is 0 Å². The molecule has 208 valence electrons. The van der Waals surface area contributed by atoms with Crippen LogP contribution in [0.1, 0.15) is 22.3 Å². The lowest BCUT2D eigenvalue weighted by Crippen LogP contribution is -2.37. The minimum Gasteiger partial charge on any atom is -0.0714 e. The molecule has 0 saturated carbocycles. The van der Waals surface area contributed by atoms with E-state index in [4.69, 9.17) is 0 Å². The van der Waals surface area contributed by atoms with Crippen LogP contribution in [0.2, 0.25) is 52.4 Å². The van der Waals surface area contributed by atoms with Crippen LogP contribution >= 0.6 is 0 Å². The Labute approximate surface area is 250 Å². The molecule has 4 aromatic carbocycles. The quantitative estimate of drug-likeness (QED) is 0.198. The summed E-state index contributed by atoms with van der Waals surface area (Å²) < 4.78 is 0. The maximum atomic E-state index is 2.58. The second kappa shape index (κ2) is 10.1. The molecular weight excluding hydrogens is 541 g/mol. The standard InChI is InChI=1S/C38H44Si3/c1-39(2,3)31-19-15-27(16-20-31)35-13-9-11-29-23-33(25-37(29)35)41(7,8)34-24-30-12-10-14-36(38(30)26-34)28-17-21-32(22-18-28)40(4,5)6/h9-22,25-26H,23-24H2,1-8H3. The predicted molar refractivity (Wildman–Crippen MR) is 191 cm³/mol. The van der Waals surface area contributed by atoms with Crippen molar-refractivity contribution >= 4 is 46.7 Å². The molecule has 2 aliphatic carbocycles. The first kappa shape index (κ1) is 28.1. The average Bonchev–Trinajstić information content (AvgIpc) is 3.58. The van der Waals surface area contributed by atoms with Gasteiger partial charge < -0.3 is 0 Å². The number of hydrogen-bond acceptors (Lipinski definition) is 0. The number of allylic oxidation sites excluding steroid dienone is 2. The van der Waals surface area contributed by atoms with Crippen molar-refractivity contribution in [1.82, 2.24) is 0 Å². The molecule has 0 fully saturated rings. The molecule has 0 unspecified atom stereocenters. The van der Waals surface area contributed by atoms with Crippen LogP contribution in [-0.4, -0.2) is 24.2 Å². The Kier molecular flexibility index (Phi) is 6.92. The number of hydrogen-bond donors (Lipinski definition) is 0. The second-order valence-corrected chi connectivity index (χ2v) is 29.4. The lowest BCUT2D eigenvalue weighted by molar-refractivity contribution is 1.22. The van der Waals surface area contributed by atoms with Gasteiger partial charge in [-0.15, -0.1) is 0 Å². The van der Waals surface area contributed by atoms with E-state index in [1.807, 2.05) is 0 Å². The van der Waals surface area contributed by atoms with Crippen LogP contribution in [0, 0.1) is 0 Å². The summed E-state index contributed by atoms with van der Waals surface area (Å²) in [5.74, 6) is 0. The molecule has 0 atom stereocenters. The van der Waals surface area contributed by atoms with E-state index in [-0.39, 0.29) is 0 Å². The Morgan fingerprint density at radius 2 is 0.805 bits per heavy atom. The van der Waals surface area contributed by atoms with E-state index in [1.165, 1.54) is 54.9 Å². The van der Waals surface area contributed by atoms with Crippen molar-refractivity contribution < 1.29 is 0 Å². The third kappa shape index (κ3) is 5.24. The van der Waals surface area contributed by atoms with Crippen LogP contribution < -0.4 is 10.4 Å². The van der Waals surface area contributed by atoms with Gasteiger partial charge in [-0.2, -0.15) is 0 Å². The number of rotatable bonds is 6. The topological polar surface area (TPSA) is 0 Å². The van der Waals surface area contributed by atoms with Crippen LogP contribution in [0.4, 0.5) is 0 Å². The molecule has 41 heavy (non-hydrogen) atoms. The fraction of sp³-hybridized carbons (Fsp3) is 0.263. The number of benzene rings is 4. The maximum absolute atomic E-state index is 2.58. The molecule has 0 saturated heterocycles. The Morgan fingerprint density at radius 1 is 0.439 bits per heavy atom. The summed E-state index contributed by atoms with van der Waals surface area (Å²) in [4.78, 5) is 0. The van der Waals surface area contributed by atoms with E-state index >= 15 is 0 Å². The summed E-state index contributed by atoms with van der Waals surface area (Å²) >= 11 is 0. The highest BCUT2D eigenvalue weighted by Gasteiger charge is 2.36. The molecule has 0 bridgehead atoms. The van der Waals surface area contributed by atoms with Crippen molar-refractivity contribution in [2.75, 3.05) is 0 Å². The molecule has 0 radical (unpaired) electrons. The molecule has 0 aromatic heterocycles. The zero-order valence-electron chi connectivity index (χ0n) is 26.2. The van der Waals surface area contributed by atoms with Gasteiger partial charge in [0.15, 0.2) is 0 Å². The molecule has 2 aliphatic rings. The summed E-state index contributed by atoms with van der Waals surface area (Å²) in [5, 5.41) is 6.38. The Hall–Kier alpha value is -2.99. The van der Waals surface area contributed by atoms with Gasteiger partial charge in [0.2, 0.25) is 0 Å². The molecule has 0 heterocycles. The molecular formula is C38H44Si3. The lowest BCUT2D eigenvalue weighted by atomic mass is 9.97. The highest BCUT2D eigenvalue weighted by atomic mass is 28.3. The average molecular weight is 585 g/mol. The molecule has 0 spiro atoms. The molecule has 4 aromatic rings. The van der Waals surface area contributed by atoms with Crippen LogP contribution in [0.3, 0.4) is 0 Å². The van der Waals surface area contributed by atoms with E-state index in [1.54, 1.807) is 10.4 Å². The van der Waals surface area contributed by atoms with Gasteiger partial charge in [0.05, 0.1) is 16.1 Å². The van der Waals surface area contributed by atoms with Crippen molar-refractivity contribution in [1.29, 1.82) is 0 Å². The van der Waals surface area contributed by atoms with Crippen molar-refractivity contribution in [3.05, 3.63) is 118 Å². The minimum absolute atomic E-state index is 1.09. The zero-order chi connectivity index (χ0) is 29.2. The van der Waals surface area contributed by atoms with Gasteiger partial charge in [-0.05, 0) is 57.3 Å². The lowest BCUT2D eigenvalue weighted by Gasteiger charge is -2.26. The number of fused-ring (bicyclic) bond motifs is 2. The zero-order valence-corrected chi connectivity index (χ0v) is 29.2. The van der Waals surface area contributed by atoms with Gasteiger partial charge in [0, 0.05) is 0 Å². The van der Waals surface area contributed by atoms with Crippen molar-refractivity contribution in [3.63, 3.8) is 0 Å². The first-order chi connectivity index (χ1) is 19.3. The largest absolute Gasteiger partial charge is 0.103 e. The fourth-order valence-electron chi connectivity index (χ4n) is 6.55. The van der Waals surface area contributed by atoms with E-state index in [0.29, 0.717) is 0 Å². The van der Waals surface area contributed by atoms with Crippen molar-refractivity contribution in [2.24, 2.45) is 0 Å². The van der Waals surface area contributed by atoms with E-state index in [0.717, 1.165) is 12.8 Å². The summed E-state index contributed by atoms with van der Waals surface area (Å²) in [7, 11) is -4.42. The third-order valence-corrected chi connectivity index (χ3v) is 17.5. The maximum Gasteiger partial charge on any atom is 0.103 e. The van der Waals surface area contributed by atoms with Crippen molar-refractivity contribution in [3.8, 4) is 22.3 Å². The van der Waals surface area contributed by atoms with Crippen LogP contribution in [-0.2, 0) is 12.8 Å². The van der Waals surface area contributed by atoms with E-state index in [9.17, 15) is 0 Å². The Bertz CT molecular complexity index is 1560. The fourth-order valence-corrected chi connectivity index (χ4v) is 11.6. The van der Waals surface area contributed by atoms with Crippen molar-refractivity contribution in [2.45, 2.75) is 65.2 Å².